The van der Waals surface area contributed by atoms with Crippen molar-refractivity contribution in [1.29, 1.82) is 0 Å². The van der Waals surface area contributed by atoms with Crippen molar-refractivity contribution in [3.8, 4) is 11.5 Å². The summed E-state index contributed by atoms with van der Waals surface area (Å²) in [7, 11) is 1.69. The molecule has 19 heavy (non-hydrogen) atoms. The first-order chi connectivity index (χ1) is 9.24. The van der Waals surface area contributed by atoms with Gasteiger partial charge in [-0.1, -0.05) is 26.8 Å². The van der Waals surface area contributed by atoms with E-state index in [1.54, 1.807) is 7.11 Å². The summed E-state index contributed by atoms with van der Waals surface area (Å²) in [6, 6.07) is 6.17. The molecule has 1 rings (SSSR count). The van der Waals surface area contributed by atoms with Gasteiger partial charge in [-0.25, -0.2) is 0 Å². The normalized spacial score (nSPS) is 12.2. The maximum atomic E-state index is 6.04. The van der Waals surface area contributed by atoms with Gasteiger partial charge in [0, 0.05) is 6.54 Å². The lowest BCUT2D eigenvalue weighted by Gasteiger charge is -2.20. The lowest BCUT2D eigenvalue weighted by Crippen LogP contribution is -2.31. The van der Waals surface area contributed by atoms with Crippen LogP contribution < -0.4 is 14.8 Å². The van der Waals surface area contributed by atoms with E-state index in [4.69, 9.17) is 9.47 Å². The highest BCUT2D eigenvalue weighted by Gasteiger charge is 2.11. The molecule has 0 amide bonds. The Kier molecular flexibility index (Phi) is 7.34. The molecule has 0 spiro atoms. The third-order valence-corrected chi connectivity index (χ3v) is 3.18. The molecule has 0 heterocycles. The highest BCUT2D eigenvalue weighted by atomic mass is 16.5. The average molecular weight is 265 g/mol. The highest BCUT2D eigenvalue weighted by molar-refractivity contribution is 5.43. The topological polar surface area (TPSA) is 30.5 Å². The first kappa shape index (κ1) is 15.8. The van der Waals surface area contributed by atoms with Crippen molar-refractivity contribution in [2.24, 2.45) is 0 Å². The minimum atomic E-state index is 0.188. The van der Waals surface area contributed by atoms with Crippen molar-refractivity contribution in [3.63, 3.8) is 0 Å². The predicted octanol–water partition coefficient (Wildman–Crippen LogP) is 3.41. The number of methoxy groups -OCH3 is 1. The Labute approximate surface area is 117 Å². The summed E-state index contributed by atoms with van der Waals surface area (Å²) in [5.74, 6) is 1.66. The lowest BCUT2D eigenvalue weighted by atomic mass is 10.1. The lowest BCUT2D eigenvalue weighted by molar-refractivity contribution is 0.186. The van der Waals surface area contributed by atoms with Crippen LogP contribution in [-0.2, 0) is 6.42 Å². The number of hydrogen-bond donors (Lipinski definition) is 1. The molecule has 0 fully saturated rings. The third kappa shape index (κ3) is 5.11. The van der Waals surface area contributed by atoms with Crippen LogP contribution >= 0.6 is 0 Å². The van der Waals surface area contributed by atoms with E-state index in [1.165, 1.54) is 5.56 Å². The van der Waals surface area contributed by atoms with Crippen LogP contribution in [0.3, 0.4) is 0 Å². The quantitative estimate of drug-likeness (QED) is 0.694. The molecule has 0 bridgehead atoms. The Morgan fingerprint density at radius 2 is 1.95 bits per heavy atom. The van der Waals surface area contributed by atoms with Gasteiger partial charge < -0.3 is 14.8 Å². The van der Waals surface area contributed by atoms with Crippen molar-refractivity contribution in [1.82, 2.24) is 5.32 Å². The second-order valence-electron chi connectivity index (χ2n) is 4.69. The van der Waals surface area contributed by atoms with Crippen LogP contribution in [0.2, 0.25) is 0 Å². The molecular formula is C16H27NO2. The summed E-state index contributed by atoms with van der Waals surface area (Å²) < 4.78 is 11.5. The van der Waals surface area contributed by atoms with E-state index >= 15 is 0 Å². The number of hydrogen-bond acceptors (Lipinski definition) is 3. The molecule has 0 aromatic heterocycles. The summed E-state index contributed by atoms with van der Waals surface area (Å²) >= 11 is 0. The molecule has 1 aromatic rings. The SMILES string of the molecule is CCCNCC(CC)Oc1ccc(CC)cc1OC. The third-order valence-electron chi connectivity index (χ3n) is 3.18. The number of ether oxygens (including phenoxy) is 2. The Morgan fingerprint density at radius 3 is 2.53 bits per heavy atom. The van der Waals surface area contributed by atoms with Gasteiger partial charge in [-0.15, -0.1) is 0 Å². The van der Waals surface area contributed by atoms with Gasteiger partial charge in [-0.05, 0) is 43.5 Å². The fourth-order valence-electron chi connectivity index (χ4n) is 1.92. The molecule has 0 radical (unpaired) electrons. The minimum Gasteiger partial charge on any atom is -0.493 e. The standard InChI is InChI=1S/C16H27NO2/c1-5-10-17-12-14(7-3)19-15-9-8-13(6-2)11-16(15)18-4/h8-9,11,14,17H,5-7,10,12H2,1-4H3. The Balaban J connectivity index is 2.67. The average Bonchev–Trinajstić information content (AvgIpc) is 2.46. The highest BCUT2D eigenvalue weighted by Crippen LogP contribution is 2.29. The largest absolute Gasteiger partial charge is 0.493 e. The van der Waals surface area contributed by atoms with Crippen molar-refractivity contribution in [2.45, 2.75) is 46.1 Å². The van der Waals surface area contributed by atoms with E-state index in [0.717, 1.165) is 43.9 Å². The molecule has 108 valence electrons. The van der Waals surface area contributed by atoms with E-state index < -0.39 is 0 Å². The smallest absolute Gasteiger partial charge is 0.161 e. The van der Waals surface area contributed by atoms with Crippen molar-refractivity contribution >= 4 is 0 Å². The molecule has 1 N–H and O–H groups in total. The summed E-state index contributed by atoms with van der Waals surface area (Å²) in [6.07, 6.45) is 3.32. The van der Waals surface area contributed by atoms with Crippen LogP contribution in [0.15, 0.2) is 18.2 Å². The molecule has 1 aromatic carbocycles. The molecule has 1 unspecified atom stereocenters. The minimum absolute atomic E-state index is 0.188. The summed E-state index contributed by atoms with van der Waals surface area (Å²) in [5.41, 5.74) is 1.27. The van der Waals surface area contributed by atoms with E-state index in [1.807, 2.05) is 6.07 Å². The molecule has 0 aliphatic rings. The van der Waals surface area contributed by atoms with Crippen LogP contribution in [0.1, 0.15) is 39.2 Å². The molecular weight excluding hydrogens is 238 g/mol. The van der Waals surface area contributed by atoms with Gasteiger partial charge in [0.1, 0.15) is 6.10 Å². The maximum Gasteiger partial charge on any atom is 0.161 e. The molecule has 0 aliphatic heterocycles. The fourth-order valence-corrected chi connectivity index (χ4v) is 1.92. The molecule has 0 saturated heterocycles. The number of nitrogens with one attached hydrogen (secondary N) is 1. The van der Waals surface area contributed by atoms with Crippen LogP contribution in [0.25, 0.3) is 0 Å². The number of rotatable bonds is 9. The van der Waals surface area contributed by atoms with Gasteiger partial charge in [0.25, 0.3) is 0 Å². The first-order valence-electron chi connectivity index (χ1n) is 7.29. The van der Waals surface area contributed by atoms with Crippen molar-refractivity contribution in [3.05, 3.63) is 23.8 Å². The Morgan fingerprint density at radius 1 is 1.16 bits per heavy atom. The van der Waals surface area contributed by atoms with Gasteiger partial charge in [-0.2, -0.15) is 0 Å². The number of benzene rings is 1. The van der Waals surface area contributed by atoms with Gasteiger partial charge in [-0.3, -0.25) is 0 Å². The summed E-state index contributed by atoms with van der Waals surface area (Å²) in [4.78, 5) is 0. The van der Waals surface area contributed by atoms with Gasteiger partial charge in [0.2, 0.25) is 0 Å². The zero-order chi connectivity index (χ0) is 14.1. The predicted molar refractivity (Wildman–Crippen MR) is 80.2 cm³/mol. The van der Waals surface area contributed by atoms with Crippen LogP contribution in [0, 0.1) is 0 Å². The van der Waals surface area contributed by atoms with E-state index in [2.05, 4.69) is 38.2 Å². The maximum absolute atomic E-state index is 6.04. The van der Waals surface area contributed by atoms with Crippen molar-refractivity contribution in [2.75, 3.05) is 20.2 Å². The second kappa shape index (κ2) is 8.81. The van der Waals surface area contributed by atoms with Gasteiger partial charge >= 0.3 is 0 Å². The molecule has 0 saturated carbocycles. The van der Waals surface area contributed by atoms with Crippen LogP contribution in [0.4, 0.5) is 0 Å². The summed E-state index contributed by atoms with van der Waals surface area (Å²) in [6.45, 7) is 8.36. The van der Waals surface area contributed by atoms with E-state index in [9.17, 15) is 0 Å². The zero-order valence-corrected chi connectivity index (χ0v) is 12.7. The Bertz CT molecular complexity index is 366. The van der Waals surface area contributed by atoms with Crippen LogP contribution in [0.5, 0.6) is 11.5 Å². The number of aryl methyl sites for hydroxylation is 1. The fraction of sp³-hybridized carbons (Fsp3) is 0.625. The molecule has 3 heteroatoms. The molecule has 1 atom stereocenters. The molecule has 0 aliphatic carbocycles. The van der Waals surface area contributed by atoms with E-state index in [-0.39, 0.29) is 6.10 Å². The van der Waals surface area contributed by atoms with Crippen molar-refractivity contribution < 1.29 is 9.47 Å². The summed E-state index contributed by atoms with van der Waals surface area (Å²) in [5, 5.41) is 3.40. The van der Waals surface area contributed by atoms with E-state index in [0.29, 0.717) is 0 Å². The molecule has 3 nitrogen and oxygen atoms in total. The van der Waals surface area contributed by atoms with Gasteiger partial charge in [0.15, 0.2) is 11.5 Å². The zero-order valence-electron chi connectivity index (χ0n) is 12.7. The first-order valence-corrected chi connectivity index (χ1v) is 7.29. The van der Waals surface area contributed by atoms with Crippen LogP contribution in [-0.4, -0.2) is 26.3 Å². The monoisotopic (exact) mass is 265 g/mol. The van der Waals surface area contributed by atoms with Gasteiger partial charge in [0.05, 0.1) is 7.11 Å². The Hall–Kier alpha value is -1.22. The second-order valence-corrected chi connectivity index (χ2v) is 4.69.